The summed E-state index contributed by atoms with van der Waals surface area (Å²) in [5, 5.41) is 11.4. The first-order chi connectivity index (χ1) is 10.1. The number of hydrogen-bond donors (Lipinski definition) is 2. The minimum Gasteiger partial charge on any atom is -0.394 e. The SMILES string of the molecule is Cc1ccc(SCCC(=O)NCCCOCCO)cc1C. The van der Waals surface area contributed by atoms with Crippen LogP contribution >= 0.6 is 11.8 Å². The van der Waals surface area contributed by atoms with Crippen LogP contribution in [0.25, 0.3) is 0 Å². The van der Waals surface area contributed by atoms with Crippen molar-refractivity contribution in [3.63, 3.8) is 0 Å². The van der Waals surface area contributed by atoms with Gasteiger partial charge in [-0.2, -0.15) is 0 Å². The van der Waals surface area contributed by atoms with Crippen LogP contribution in [0.3, 0.4) is 0 Å². The molecule has 0 spiro atoms. The van der Waals surface area contributed by atoms with Crippen molar-refractivity contribution in [2.45, 2.75) is 31.6 Å². The number of rotatable bonds is 10. The Bertz CT molecular complexity index is 438. The molecule has 21 heavy (non-hydrogen) atoms. The normalized spacial score (nSPS) is 10.6. The number of aliphatic hydroxyl groups excluding tert-OH is 1. The zero-order chi connectivity index (χ0) is 15.5. The van der Waals surface area contributed by atoms with Crippen molar-refractivity contribution < 1.29 is 14.6 Å². The van der Waals surface area contributed by atoms with Gasteiger partial charge in [-0.3, -0.25) is 4.79 Å². The van der Waals surface area contributed by atoms with Crippen LogP contribution in [-0.2, 0) is 9.53 Å². The van der Waals surface area contributed by atoms with Gasteiger partial charge in [0.15, 0.2) is 0 Å². The lowest BCUT2D eigenvalue weighted by Crippen LogP contribution is -2.25. The number of thioether (sulfide) groups is 1. The van der Waals surface area contributed by atoms with E-state index in [1.54, 1.807) is 11.8 Å². The molecule has 1 rings (SSSR count). The molecule has 0 aliphatic rings. The average Bonchev–Trinajstić information content (AvgIpc) is 2.46. The fourth-order valence-electron chi connectivity index (χ4n) is 1.72. The smallest absolute Gasteiger partial charge is 0.220 e. The number of aliphatic hydroxyl groups is 1. The molecule has 1 amide bonds. The fraction of sp³-hybridized carbons (Fsp3) is 0.562. The number of benzene rings is 1. The van der Waals surface area contributed by atoms with E-state index in [0.29, 0.717) is 26.2 Å². The summed E-state index contributed by atoms with van der Waals surface area (Å²) in [6, 6.07) is 6.38. The lowest BCUT2D eigenvalue weighted by atomic mass is 10.1. The Balaban J connectivity index is 2.09. The zero-order valence-corrected chi connectivity index (χ0v) is 13.7. The van der Waals surface area contributed by atoms with E-state index < -0.39 is 0 Å². The van der Waals surface area contributed by atoms with Crippen molar-refractivity contribution in [2.24, 2.45) is 0 Å². The first kappa shape index (κ1) is 18.0. The van der Waals surface area contributed by atoms with Crippen molar-refractivity contribution in [2.75, 3.05) is 32.1 Å². The lowest BCUT2D eigenvalue weighted by Gasteiger charge is -2.07. The number of aryl methyl sites for hydroxylation is 2. The van der Waals surface area contributed by atoms with Gasteiger partial charge in [-0.25, -0.2) is 0 Å². The second-order valence-electron chi connectivity index (χ2n) is 4.88. The van der Waals surface area contributed by atoms with Gasteiger partial charge in [-0.1, -0.05) is 6.07 Å². The third-order valence-corrected chi connectivity index (χ3v) is 4.09. The molecule has 1 aromatic carbocycles. The van der Waals surface area contributed by atoms with Gasteiger partial charge in [0.05, 0.1) is 13.2 Å². The molecular formula is C16H25NO3S. The third-order valence-electron chi connectivity index (χ3n) is 3.10. The summed E-state index contributed by atoms with van der Waals surface area (Å²) in [5.74, 6) is 0.864. The maximum atomic E-state index is 11.6. The number of ether oxygens (including phenoxy) is 1. The largest absolute Gasteiger partial charge is 0.394 e. The number of hydrogen-bond acceptors (Lipinski definition) is 4. The van der Waals surface area contributed by atoms with Crippen LogP contribution in [0.4, 0.5) is 0 Å². The highest BCUT2D eigenvalue weighted by molar-refractivity contribution is 7.99. The molecule has 0 saturated carbocycles. The van der Waals surface area contributed by atoms with Gasteiger partial charge < -0.3 is 15.2 Å². The van der Waals surface area contributed by atoms with Crippen molar-refractivity contribution in [3.05, 3.63) is 29.3 Å². The molecule has 0 fully saturated rings. The van der Waals surface area contributed by atoms with Crippen molar-refractivity contribution >= 4 is 17.7 Å². The molecule has 0 radical (unpaired) electrons. The van der Waals surface area contributed by atoms with E-state index in [9.17, 15) is 4.79 Å². The Hall–Kier alpha value is -1.04. The standard InChI is InChI=1S/C16H25NO3S/c1-13-4-5-15(12-14(13)2)21-11-6-16(19)17-7-3-9-20-10-8-18/h4-5,12,18H,3,6-11H2,1-2H3,(H,17,19). The van der Waals surface area contributed by atoms with Gasteiger partial charge in [-0.05, 0) is 43.5 Å². The second-order valence-corrected chi connectivity index (χ2v) is 6.05. The number of nitrogens with one attached hydrogen (secondary N) is 1. The van der Waals surface area contributed by atoms with E-state index in [0.717, 1.165) is 12.2 Å². The Kier molecular flexibility index (Phi) is 9.14. The minimum atomic E-state index is 0.0437. The Morgan fingerprint density at radius 1 is 1.29 bits per heavy atom. The molecule has 4 nitrogen and oxygen atoms in total. The molecule has 5 heteroatoms. The quantitative estimate of drug-likeness (QED) is 0.514. The molecule has 1 aromatic rings. The molecule has 0 bridgehead atoms. The minimum absolute atomic E-state index is 0.0437. The Labute approximate surface area is 131 Å². The first-order valence-electron chi connectivity index (χ1n) is 7.29. The van der Waals surface area contributed by atoms with Crippen LogP contribution in [-0.4, -0.2) is 43.1 Å². The summed E-state index contributed by atoms with van der Waals surface area (Å²) in [7, 11) is 0. The van der Waals surface area contributed by atoms with Crippen LogP contribution in [0.1, 0.15) is 24.0 Å². The summed E-state index contributed by atoms with van der Waals surface area (Å²) in [4.78, 5) is 12.8. The third kappa shape index (κ3) is 8.09. The van der Waals surface area contributed by atoms with Gasteiger partial charge in [0.2, 0.25) is 5.91 Å². The second kappa shape index (κ2) is 10.7. The van der Waals surface area contributed by atoms with Crippen LogP contribution in [0.15, 0.2) is 23.1 Å². The topological polar surface area (TPSA) is 58.6 Å². The zero-order valence-electron chi connectivity index (χ0n) is 12.9. The maximum Gasteiger partial charge on any atom is 0.220 e. The van der Waals surface area contributed by atoms with Crippen molar-refractivity contribution in [1.82, 2.24) is 5.32 Å². The molecule has 0 aliphatic carbocycles. The molecule has 2 N–H and O–H groups in total. The number of amides is 1. The summed E-state index contributed by atoms with van der Waals surface area (Å²) in [5.41, 5.74) is 2.58. The van der Waals surface area contributed by atoms with E-state index in [-0.39, 0.29) is 12.5 Å². The summed E-state index contributed by atoms with van der Waals surface area (Å²) >= 11 is 1.71. The van der Waals surface area contributed by atoms with Crippen LogP contribution in [0.5, 0.6) is 0 Å². The van der Waals surface area contributed by atoms with E-state index in [1.165, 1.54) is 16.0 Å². The highest BCUT2D eigenvalue weighted by Gasteiger charge is 2.02. The van der Waals surface area contributed by atoms with Crippen LogP contribution in [0, 0.1) is 13.8 Å². The van der Waals surface area contributed by atoms with Crippen molar-refractivity contribution in [1.29, 1.82) is 0 Å². The molecule has 118 valence electrons. The van der Waals surface area contributed by atoms with E-state index in [1.807, 2.05) is 0 Å². The first-order valence-corrected chi connectivity index (χ1v) is 8.27. The van der Waals surface area contributed by atoms with Gasteiger partial charge in [0, 0.05) is 30.2 Å². The van der Waals surface area contributed by atoms with Gasteiger partial charge >= 0.3 is 0 Å². The van der Waals surface area contributed by atoms with Crippen LogP contribution < -0.4 is 5.32 Å². The predicted octanol–water partition coefficient (Wildman–Crippen LogP) is 2.30. The molecule has 0 saturated heterocycles. The fourth-order valence-corrected chi connectivity index (χ4v) is 2.67. The maximum absolute atomic E-state index is 11.6. The number of carbonyl (C=O) groups excluding carboxylic acids is 1. The Morgan fingerprint density at radius 3 is 2.81 bits per heavy atom. The highest BCUT2D eigenvalue weighted by atomic mass is 32.2. The average molecular weight is 311 g/mol. The summed E-state index contributed by atoms with van der Waals surface area (Å²) in [6.07, 6.45) is 1.30. The summed E-state index contributed by atoms with van der Waals surface area (Å²) < 4.78 is 5.12. The highest BCUT2D eigenvalue weighted by Crippen LogP contribution is 2.21. The van der Waals surface area contributed by atoms with Crippen LogP contribution in [0.2, 0.25) is 0 Å². The van der Waals surface area contributed by atoms with E-state index in [2.05, 4.69) is 37.4 Å². The Morgan fingerprint density at radius 2 is 2.10 bits per heavy atom. The predicted molar refractivity (Wildman–Crippen MR) is 86.8 cm³/mol. The molecular weight excluding hydrogens is 286 g/mol. The van der Waals surface area contributed by atoms with Gasteiger partial charge in [0.1, 0.15) is 0 Å². The molecule has 0 heterocycles. The number of carbonyl (C=O) groups is 1. The van der Waals surface area contributed by atoms with Crippen molar-refractivity contribution in [3.8, 4) is 0 Å². The molecule has 0 atom stereocenters. The van der Waals surface area contributed by atoms with Gasteiger partial charge in [-0.15, -0.1) is 11.8 Å². The van der Waals surface area contributed by atoms with Gasteiger partial charge in [0.25, 0.3) is 0 Å². The molecule has 0 aromatic heterocycles. The molecule has 0 unspecified atom stereocenters. The van der Waals surface area contributed by atoms with E-state index in [4.69, 9.17) is 9.84 Å². The lowest BCUT2D eigenvalue weighted by molar-refractivity contribution is -0.120. The molecule has 0 aliphatic heterocycles. The summed E-state index contributed by atoms with van der Waals surface area (Å²) in [6.45, 7) is 5.80. The monoisotopic (exact) mass is 311 g/mol. The van der Waals surface area contributed by atoms with E-state index >= 15 is 0 Å².